The molecule has 21 heavy (non-hydrogen) atoms. The molecule has 0 radical (unpaired) electrons. The lowest BCUT2D eigenvalue weighted by molar-refractivity contribution is 0.0526. The van der Waals surface area contributed by atoms with Gasteiger partial charge in [0.1, 0.15) is 11.9 Å². The summed E-state index contributed by atoms with van der Waals surface area (Å²) < 4.78 is 4.90. The quantitative estimate of drug-likeness (QED) is 0.871. The van der Waals surface area contributed by atoms with Crippen molar-refractivity contribution in [1.29, 1.82) is 5.26 Å². The Bertz CT molecular complexity index is 688. The first-order valence-electron chi connectivity index (χ1n) is 6.55. The molecule has 106 valence electrons. The smallest absolute Gasteiger partial charge is 0.339 e. The van der Waals surface area contributed by atoms with E-state index in [2.05, 4.69) is 16.4 Å². The van der Waals surface area contributed by atoms with Gasteiger partial charge in [-0.3, -0.25) is 0 Å². The third-order valence-corrected chi connectivity index (χ3v) is 2.92. The van der Waals surface area contributed by atoms with Gasteiger partial charge < -0.3 is 10.1 Å². The number of hydrogen-bond acceptors (Lipinski definition) is 5. The molecule has 0 aliphatic carbocycles. The van der Waals surface area contributed by atoms with Crippen molar-refractivity contribution in [3.63, 3.8) is 0 Å². The van der Waals surface area contributed by atoms with Gasteiger partial charge in [-0.1, -0.05) is 12.1 Å². The molecule has 0 spiro atoms. The molecule has 0 unspecified atom stereocenters. The van der Waals surface area contributed by atoms with Crippen LogP contribution in [0.5, 0.6) is 0 Å². The standard InChI is InChI=1S/C16H15N3O2/c1-3-21-16(20)12-7-8-15(18-10-12)19-14-6-4-5-11(2)13(14)9-17/h4-8,10H,3H2,1-2H3,(H,18,19). The first-order chi connectivity index (χ1) is 10.2. The van der Waals surface area contributed by atoms with Gasteiger partial charge in [0, 0.05) is 6.20 Å². The minimum Gasteiger partial charge on any atom is -0.462 e. The first-order valence-corrected chi connectivity index (χ1v) is 6.55. The molecule has 5 nitrogen and oxygen atoms in total. The summed E-state index contributed by atoms with van der Waals surface area (Å²) in [7, 11) is 0. The predicted octanol–water partition coefficient (Wildman–Crippen LogP) is 3.18. The number of aromatic nitrogens is 1. The normalized spacial score (nSPS) is 9.76. The molecule has 0 saturated heterocycles. The second-order valence-electron chi connectivity index (χ2n) is 4.39. The summed E-state index contributed by atoms with van der Waals surface area (Å²) in [6.45, 7) is 3.96. The molecule has 0 bridgehead atoms. The first kappa shape index (κ1) is 14.5. The van der Waals surface area contributed by atoms with Gasteiger partial charge in [-0.25, -0.2) is 9.78 Å². The van der Waals surface area contributed by atoms with E-state index in [1.54, 1.807) is 19.1 Å². The van der Waals surface area contributed by atoms with Crippen molar-refractivity contribution in [2.24, 2.45) is 0 Å². The van der Waals surface area contributed by atoms with E-state index < -0.39 is 5.97 Å². The summed E-state index contributed by atoms with van der Waals surface area (Å²) in [6.07, 6.45) is 1.45. The van der Waals surface area contributed by atoms with Crippen molar-refractivity contribution in [2.75, 3.05) is 11.9 Å². The van der Waals surface area contributed by atoms with Crippen LogP contribution in [0.15, 0.2) is 36.5 Å². The number of benzene rings is 1. The fourth-order valence-electron chi connectivity index (χ4n) is 1.86. The van der Waals surface area contributed by atoms with Crippen molar-refractivity contribution in [1.82, 2.24) is 4.98 Å². The Morgan fingerprint density at radius 1 is 1.38 bits per heavy atom. The zero-order chi connectivity index (χ0) is 15.2. The lowest BCUT2D eigenvalue weighted by atomic mass is 10.1. The van der Waals surface area contributed by atoms with Gasteiger partial charge in [-0.05, 0) is 37.6 Å². The number of nitriles is 1. The Morgan fingerprint density at radius 2 is 2.19 bits per heavy atom. The second kappa shape index (κ2) is 6.53. The maximum atomic E-state index is 11.5. The second-order valence-corrected chi connectivity index (χ2v) is 4.39. The highest BCUT2D eigenvalue weighted by atomic mass is 16.5. The monoisotopic (exact) mass is 281 g/mol. The number of carbonyl (C=O) groups excluding carboxylic acids is 1. The number of esters is 1. The summed E-state index contributed by atoms with van der Waals surface area (Å²) in [5, 5.41) is 12.3. The number of nitrogens with one attached hydrogen (secondary N) is 1. The fourth-order valence-corrected chi connectivity index (χ4v) is 1.86. The van der Waals surface area contributed by atoms with E-state index in [0.717, 1.165) is 5.56 Å². The lowest BCUT2D eigenvalue weighted by Crippen LogP contribution is -2.05. The number of nitrogens with zero attached hydrogens (tertiary/aromatic N) is 2. The van der Waals surface area contributed by atoms with Crippen LogP contribution in [-0.4, -0.2) is 17.6 Å². The average Bonchev–Trinajstić information content (AvgIpc) is 2.48. The molecule has 1 heterocycles. The van der Waals surface area contributed by atoms with Crippen LogP contribution < -0.4 is 5.32 Å². The average molecular weight is 281 g/mol. The molecule has 1 aromatic heterocycles. The highest BCUT2D eigenvalue weighted by Gasteiger charge is 2.08. The van der Waals surface area contributed by atoms with E-state index in [0.29, 0.717) is 29.2 Å². The summed E-state index contributed by atoms with van der Waals surface area (Å²) in [6, 6.07) is 11.0. The van der Waals surface area contributed by atoms with Gasteiger partial charge in [0.05, 0.1) is 23.4 Å². The van der Waals surface area contributed by atoms with Crippen LogP contribution in [0.1, 0.15) is 28.4 Å². The van der Waals surface area contributed by atoms with E-state index in [4.69, 9.17) is 4.74 Å². The Morgan fingerprint density at radius 3 is 2.81 bits per heavy atom. The predicted molar refractivity (Wildman–Crippen MR) is 79.4 cm³/mol. The van der Waals surface area contributed by atoms with Crippen LogP contribution in [0, 0.1) is 18.3 Å². The maximum absolute atomic E-state index is 11.5. The Kier molecular flexibility index (Phi) is 4.52. The van der Waals surface area contributed by atoms with Crippen LogP contribution in [-0.2, 0) is 4.74 Å². The minimum atomic E-state index is -0.398. The van der Waals surface area contributed by atoms with Crippen molar-refractivity contribution in [2.45, 2.75) is 13.8 Å². The highest BCUT2D eigenvalue weighted by molar-refractivity contribution is 5.89. The maximum Gasteiger partial charge on any atom is 0.339 e. The number of anilines is 2. The van der Waals surface area contributed by atoms with Gasteiger partial charge in [0.2, 0.25) is 0 Å². The Labute approximate surface area is 123 Å². The molecule has 0 aliphatic heterocycles. The zero-order valence-electron chi connectivity index (χ0n) is 11.9. The number of aryl methyl sites for hydroxylation is 1. The largest absolute Gasteiger partial charge is 0.462 e. The summed E-state index contributed by atoms with van der Waals surface area (Å²) in [5.74, 6) is 0.162. The van der Waals surface area contributed by atoms with E-state index in [-0.39, 0.29) is 0 Å². The number of rotatable bonds is 4. The van der Waals surface area contributed by atoms with Gasteiger partial charge in [-0.2, -0.15) is 5.26 Å². The van der Waals surface area contributed by atoms with E-state index in [1.807, 2.05) is 25.1 Å². The third-order valence-electron chi connectivity index (χ3n) is 2.92. The molecule has 0 aliphatic rings. The summed E-state index contributed by atoms with van der Waals surface area (Å²) >= 11 is 0. The van der Waals surface area contributed by atoms with E-state index >= 15 is 0 Å². The molecule has 5 heteroatoms. The van der Waals surface area contributed by atoms with E-state index in [9.17, 15) is 10.1 Å². The number of hydrogen-bond donors (Lipinski definition) is 1. The molecule has 0 saturated carbocycles. The van der Waals surface area contributed by atoms with Gasteiger partial charge in [0.25, 0.3) is 0 Å². The van der Waals surface area contributed by atoms with Crippen LogP contribution in [0.3, 0.4) is 0 Å². The highest BCUT2D eigenvalue weighted by Crippen LogP contribution is 2.22. The van der Waals surface area contributed by atoms with Crippen LogP contribution in [0.2, 0.25) is 0 Å². The SMILES string of the molecule is CCOC(=O)c1ccc(Nc2cccc(C)c2C#N)nc1. The Hall–Kier alpha value is -2.87. The summed E-state index contributed by atoms with van der Waals surface area (Å²) in [5.41, 5.74) is 2.56. The van der Waals surface area contributed by atoms with Crippen LogP contribution in [0.4, 0.5) is 11.5 Å². The molecular weight excluding hydrogens is 266 g/mol. The minimum absolute atomic E-state index is 0.327. The van der Waals surface area contributed by atoms with Crippen LogP contribution >= 0.6 is 0 Å². The molecule has 2 rings (SSSR count). The molecule has 0 fully saturated rings. The van der Waals surface area contributed by atoms with E-state index in [1.165, 1.54) is 6.20 Å². The van der Waals surface area contributed by atoms with Gasteiger partial charge >= 0.3 is 5.97 Å². The lowest BCUT2D eigenvalue weighted by Gasteiger charge is -2.09. The molecule has 0 atom stereocenters. The van der Waals surface area contributed by atoms with Crippen molar-refractivity contribution < 1.29 is 9.53 Å². The molecule has 1 N–H and O–H groups in total. The van der Waals surface area contributed by atoms with Crippen LogP contribution in [0.25, 0.3) is 0 Å². The van der Waals surface area contributed by atoms with Gasteiger partial charge in [0.15, 0.2) is 0 Å². The molecule has 1 aromatic carbocycles. The Balaban J connectivity index is 2.20. The van der Waals surface area contributed by atoms with Crippen molar-refractivity contribution in [3.05, 3.63) is 53.2 Å². The molecule has 0 amide bonds. The van der Waals surface area contributed by atoms with Crippen molar-refractivity contribution in [3.8, 4) is 6.07 Å². The summed E-state index contributed by atoms with van der Waals surface area (Å²) in [4.78, 5) is 15.7. The number of pyridine rings is 1. The third kappa shape index (κ3) is 3.37. The number of carbonyl (C=O) groups is 1. The fraction of sp³-hybridized carbons (Fsp3) is 0.188. The number of ether oxygens (including phenoxy) is 1. The zero-order valence-corrected chi connectivity index (χ0v) is 11.9. The molecular formula is C16H15N3O2. The topological polar surface area (TPSA) is 75.0 Å². The van der Waals surface area contributed by atoms with Gasteiger partial charge in [-0.15, -0.1) is 0 Å². The van der Waals surface area contributed by atoms with Crippen molar-refractivity contribution >= 4 is 17.5 Å². The molecule has 2 aromatic rings.